The van der Waals surface area contributed by atoms with E-state index in [0.717, 1.165) is 0 Å². The summed E-state index contributed by atoms with van der Waals surface area (Å²) >= 11 is 0. The summed E-state index contributed by atoms with van der Waals surface area (Å²) in [6.07, 6.45) is 0.954. The minimum absolute atomic E-state index is 0.0799. The van der Waals surface area contributed by atoms with E-state index in [4.69, 9.17) is 28.4 Å². The number of esters is 2. The Bertz CT molecular complexity index is 898. The zero-order valence-electron chi connectivity index (χ0n) is 32.6. The average molecular weight is 717 g/mol. The third-order valence-electron chi connectivity index (χ3n) is 7.15. The zero-order valence-corrected chi connectivity index (χ0v) is 32.6. The van der Waals surface area contributed by atoms with Gasteiger partial charge in [0, 0.05) is 26.2 Å². The molecule has 1 aliphatic heterocycles. The van der Waals surface area contributed by atoms with Crippen LogP contribution in [0.4, 0.5) is 0 Å². The van der Waals surface area contributed by atoms with Crippen molar-refractivity contribution in [2.75, 3.05) is 92.1 Å². The van der Waals surface area contributed by atoms with Crippen LogP contribution in [-0.4, -0.2) is 149 Å². The molecule has 0 saturated carbocycles. The maximum atomic E-state index is 13.0. The van der Waals surface area contributed by atoms with Gasteiger partial charge in [-0.3, -0.25) is 19.4 Å². The number of amides is 2. The molecule has 0 spiro atoms. The van der Waals surface area contributed by atoms with E-state index >= 15 is 0 Å². The van der Waals surface area contributed by atoms with E-state index in [1.807, 2.05) is 37.5 Å². The molecule has 0 bridgehead atoms. The number of hydrogen-bond donors (Lipinski definition) is 2. The molecule has 0 aromatic carbocycles. The van der Waals surface area contributed by atoms with Gasteiger partial charge in [0.05, 0.1) is 65.9 Å². The Morgan fingerprint density at radius 3 is 1.06 bits per heavy atom. The van der Waals surface area contributed by atoms with Crippen molar-refractivity contribution in [3.05, 3.63) is 0 Å². The number of ether oxygens (including phenoxy) is 6. The SMILES string of the molecule is CC(C)C[C@H](NC(=O)CN1CCOCCOCCN(CC(=O)N[C@@H](CC(C)C)C(=O)OC(C)(C)C)CCOCCOCC1)C(=O)OC(C)(C)C. The Kier molecular flexibility index (Phi) is 21.9. The topological polar surface area (TPSA) is 154 Å². The second-order valence-corrected chi connectivity index (χ2v) is 15.6. The van der Waals surface area contributed by atoms with Crippen molar-refractivity contribution in [1.82, 2.24) is 20.4 Å². The molecule has 1 rings (SSSR count). The summed E-state index contributed by atoms with van der Waals surface area (Å²) in [5.74, 6) is -1.04. The van der Waals surface area contributed by atoms with E-state index in [-0.39, 0.29) is 36.7 Å². The van der Waals surface area contributed by atoms with E-state index in [1.165, 1.54) is 0 Å². The van der Waals surface area contributed by atoms with Crippen LogP contribution in [0.3, 0.4) is 0 Å². The monoisotopic (exact) mass is 716 g/mol. The second kappa shape index (κ2) is 24.0. The number of carbonyl (C=O) groups excluding carboxylic acids is 4. The molecule has 1 heterocycles. The number of nitrogens with one attached hydrogen (secondary N) is 2. The molecule has 2 N–H and O–H groups in total. The van der Waals surface area contributed by atoms with Gasteiger partial charge in [0.15, 0.2) is 0 Å². The molecule has 292 valence electrons. The van der Waals surface area contributed by atoms with Crippen LogP contribution in [-0.2, 0) is 47.6 Å². The van der Waals surface area contributed by atoms with E-state index in [1.54, 1.807) is 41.5 Å². The molecule has 1 fully saturated rings. The quantitative estimate of drug-likeness (QED) is 0.285. The smallest absolute Gasteiger partial charge is 0.329 e. The largest absolute Gasteiger partial charge is 0.458 e. The van der Waals surface area contributed by atoms with Crippen molar-refractivity contribution < 1.29 is 47.6 Å². The molecule has 1 aliphatic rings. The van der Waals surface area contributed by atoms with Crippen molar-refractivity contribution in [2.24, 2.45) is 11.8 Å². The molecule has 0 radical (unpaired) electrons. The van der Waals surface area contributed by atoms with E-state index in [9.17, 15) is 19.2 Å². The maximum Gasteiger partial charge on any atom is 0.329 e. The highest BCUT2D eigenvalue weighted by Crippen LogP contribution is 2.14. The molecule has 14 nitrogen and oxygen atoms in total. The van der Waals surface area contributed by atoms with Gasteiger partial charge in [-0.2, -0.15) is 0 Å². The Hall–Kier alpha value is -2.36. The lowest BCUT2D eigenvalue weighted by atomic mass is 10.0. The summed E-state index contributed by atoms with van der Waals surface area (Å²) in [5.41, 5.74) is -1.30. The zero-order chi connectivity index (χ0) is 37.7. The maximum absolute atomic E-state index is 13.0. The van der Waals surface area contributed by atoms with Gasteiger partial charge in [0.25, 0.3) is 0 Å². The second-order valence-electron chi connectivity index (χ2n) is 15.6. The predicted molar refractivity (Wildman–Crippen MR) is 191 cm³/mol. The van der Waals surface area contributed by atoms with Crippen LogP contribution in [0.5, 0.6) is 0 Å². The fourth-order valence-electron chi connectivity index (χ4n) is 4.96. The van der Waals surface area contributed by atoms with Gasteiger partial charge in [0.2, 0.25) is 11.8 Å². The molecular weight excluding hydrogens is 648 g/mol. The van der Waals surface area contributed by atoms with Crippen LogP contribution in [0, 0.1) is 11.8 Å². The van der Waals surface area contributed by atoms with Gasteiger partial charge in [-0.25, -0.2) is 9.59 Å². The Morgan fingerprint density at radius 1 is 0.540 bits per heavy atom. The van der Waals surface area contributed by atoms with Crippen molar-refractivity contribution in [3.63, 3.8) is 0 Å². The number of nitrogens with zero attached hydrogens (tertiary/aromatic N) is 2. The molecule has 0 aromatic heterocycles. The van der Waals surface area contributed by atoms with Crippen molar-refractivity contribution in [1.29, 1.82) is 0 Å². The molecule has 2 atom stereocenters. The summed E-state index contributed by atoms with van der Waals surface area (Å²) in [6, 6.07) is -1.46. The van der Waals surface area contributed by atoms with Gasteiger partial charge >= 0.3 is 11.9 Å². The van der Waals surface area contributed by atoms with Crippen LogP contribution in [0.25, 0.3) is 0 Å². The fraction of sp³-hybridized carbons (Fsp3) is 0.889. The summed E-state index contributed by atoms with van der Waals surface area (Å²) in [6.45, 7) is 23.9. The minimum atomic E-state index is -0.728. The highest BCUT2D eigenvalue weighted by atomic mass is 16.6. The molecule has 0 aliphatic carbocycles. The molecular formula is C36H68N4O10. The first-order valence-electron chi connectivity index (χ1n) is 18.1. The third-order valence-corrected chi connectivity index (χ3v) is 7.15. The highest BCUT2D eigenvalue weighted by molar-refractivity contribution is 5.86. The molecule has 2 amide bonds. The minimum Gasteiger partial charge on any atom is -0.458 e. The lowest BCUT2D eigenvalue weighted by Gasteiger charge is -2.27. The van der Waals surface area contributed by atoms with Gasteiger partial charge in [0.1, 0.15) is 23.3 Å². The summed E-state index contributed by atoms with van der Waals surface area (Å²) < 4.78 is 34.2. The first-order valence-corrected chi connectivity index (χ1v) is 18.1. The summed E-state index contributed by atoms with van der Waals surface area (Å²) in [4.78, 5) is 55.5. The standard InChI is InChI=1S/C36H68N4O10/c1-27(2)23-29(33(43)49-35(5,6)7)37-31(41)25-39-11-15-45-19-21-47-17-13-40(14-18-48-22-20-46-16-12-39)26-32(42)38-30(24-28(3)4)34(44)50-36(8,9)10/h27-30H,11-26H2,1-10H3,(H,37,41)(H,38,42)/t29-,30-/m0/s1. The van der Waals surface area contributed by atoms with E-state index in [2.05, 4.69) is 10.6 Å². The van der Waals surface area contributed by atoms with Gasteiger partial charge in [-0.15, -0.1) is 0 Å². The molecule has 0 aromatic rings. The van der Waals surface area contributed by atoms with Crippen molar-refractivity contribution in [2.45, 2.75) is 105 Å². The van der Waals surface area contributed by atoms with Crippen molar-refractivity contribution >= 4 is 23.8 Å². The summed E-state index contributed by atoms with van der Waals surface area (Å²) in [5, 5.41) is 5.74. The first kappa shape index (κ1) is 45.7. The lowest BCUT2D eigenvalue weighted by Crippen LogP contribution is -2.49. The molecule has 50 heavy (non-hydrogen) atoms. The van der Waals surface area contributed by atoms with E-state index in [0.29, 0.717) is 91.9 Å². The van der Waals surface area contributed by atoms with Crippen LogP contribution < -0.4 is 10.6 Å². The lowest BCUT2D eigenvalue weighted by molar-refractivity contribution is -0.159. The highest BCUT2D eigenvalue weighted by Gasteiger charge is 2.29. The predicted octanol–water partition coefficient (Wildman–Crippen LogP) is 2.42. The average Bonchev–Trinajstić information content (AvgIpc) is 2.96. The van der Waals surface area contributed by atoms with Crippen LogP contribution in [0.2, 0.25) is 0 Å². The summed E-state index contributed by atoms with van der Waals surface area (Å²) in [7, 11) is 0. The number of hydrogen-bond acceptors (Lipinski definition) is 12. The van der Waals surface area contributed by atoms with Gasteiger partial charge in [-0.1, -0.05) is 27.7 Å². The van der Waals surface area contributed by atoms with Crippen LogP contribution in [0.15, 0.2) is 0 Å². The Labute approximate surface area is 300 Å². The number of carbonyl (C=O) groups is 4. The van der Waals surface area contributed by atoms with Crippen molar-refractivity contribution in [3.8, 4) is 0 Å². The first-order chi connectivity index (χ1) is 23.3. The third kappa shape index (κ3) is 23.9. The Balaban J connectivity index is 2.69. The fourth-order valence-corrected chi connectivity index (χ4v) is 4.96. The number of rotatable bonds is 12. The normalized spacial score (nSPS) is 18.8. The van der Waals surface area contributed by atoms with E-state index < -0.39 is 35.2 Å². The van der Waals surface area contributed by atoms with Crippen LogP contribution in [0.1, 0.15) is 82.1 Å². The van der Waals surface area contributed by atoms with Gasteiger partial charge in [-0.05, 0) is 66.2 Å². The molecule has 14 heteroatoms. The van der Waals surface area contributed by atoms with Crippen LogP contribution >= 0.6 is 0 Å². The molecule has 1 saturated heterocycles. The Morgan fingerprint density at radius 2 is 0.820 bits per heavy atom. The molecule has 0 unspecified atom stereocenters. The van der Waals surface area contributed by atoms with Gasteiger partial charge < -0.3 is 39.1 Å².